The number of para-hydroxylation sites is 1. The molecule has 1 aromatic heterocycles. The van der Waals surface area contributed by atoms with E-state index in [0.29, 0.717) is 0 Å². The van der Waals surface area contributed by atoms with E-state index in [0.717, 1.165) is 54.5 Å². The lowest BCUT2D eigenvalue weighted by atomic mass is 10.1. The highest BCUT2D eigenvalue weighted by Gasteiger charge is 2.33. The molecule has 4 nitrogen and oxygen atoms in total. The number of hydrogen-bond acceptors (Lipinski definition) is 3. The smallest absolute Gasteiger partial charge is 0.199 e. The number of aryl methyl sites for hydroxylation is 1. The normalized spacial score (nSPS) is 16.8. The molecule has 0 saturated carbocycles. The average Bonchev–Trinajstić information content (AvgIpc) is 3.06. The predicted octanol–water partition coefficient (Wildman–Crippen LogP) is 5.27. The highest BCUT2D eigenvalue weighted by Crippen LogP contribution is 2.34. The molecule has 1 saturated heterocycles. The summed E-state index contributed by atoms with van der Waals surface area (Å²) in [4.78, 5) is 2.16. The molecule has 152 valence electrons. The molecular formula is C23H25ClN2O2S. The van der Waals surface area contributed by atoms with Crippen LogP contribution in [-0.2, 0) is 16.9 Å². The minimum atomic E-state index is -3.69. The first-order valence-electron chi connectivity index (χ1n) is 9.88. The van der Waals surface area contributed by atoms with E-state index in [1.165, 1.54) is 6.08 Å². The summed E-state index contributed by atoms with van der Waals surface area (Å²) in [5, 5.41) is 0.598. The van der Waals surface area contributed by atoms with Gasteiger partial charge in [0, 0.05) is 23.6 Å². The minimum absolute atomic E-state index is 0.164. The molecule has 0 radical (unpaired) electrons. The topological polar surface area (TPSA) is 42.3 Å². The summed E-state index contributed by atoms with van der Waals surface area (Å²) in [7, 11) is -1.70. The average molecular weight is 429 g/mol. The highest BCUT2D eigenvalue weighted by atomic mass is 35.5. The van der Waals surface area contributed by atoms with Crippen molar-refractivity contribution in [3.8, 4) is 11.3 Å². The fourth-order valence-corrected chi connectivity index (χ4v) is 6.41. The zero-order valence-electron chi connectivity index (χ0n) is 16.5. The highest BCUT2D eigenvalue weighted by molar-refractivity contribution is 7.92. The van der Waals surface area contributed by atoms with Gasteiger partial charge in [0.2, 0.25) is 0 Å². The monoisotopic (exact) mass is 428 g/mol. The fourth-order valence-electron chi connectivity index (χ4n) is 4.22. The summed E-state index contributed by atoms with van der Waals surface area (Å²) in [6, 6.07) is 15.4. The summed E-state index contributed by atoms with van der Waals surface area (Å²) in [5.74, 6) is 0. The third-order valence-corrected chi connectivity index (χ3v) is 8.27. The Balaban J connectivity index is 1.80. The Morgan fingerprint density at radius 3 is 2.48 bits per heavy atom. The Labute approximate surface area is 177 Å². The van der Waals surface area contributed by atoms with Gasteiger partial charge in [0.1, 0.15) is 5.37 Å². The fraction of sp³-hybridized carbons (Fsp3) is 0.304. The number of halogens is 1. The van der Waals surface area contributed by atoms with E-state index in [1.807, 2.05) is 30.1 Å². The van der Waals surface area contributed by atoms with Crippen molar-refractivity contribution in [2.24, 2.45) is 7.05 Å². The van der Waals surface area contributed by atoms with Crippen molar-refractivity contribution in [2.45, 2.75) is 29.5 Å². The van der Waals surface area contributed by atoms with E-state index in [4.69, 9.17) is 11.6 Å². The van der Waals surface area contributed by atoms with Crippen LogP contribution in [0.15, 0.2) is 66.1 Å². The summed E-state index contributed by atoms with van der Waals surface area (Å²) in [5.41, 5.74) is 2.87. The van der Waals surface area contributed by atoms with Crippen LogP contribution in [-0.4, -0.2) is 36.3 Å². The number of sulfone groups is 1. The number of piperidine rings is 1. The molecule has 4 rings (SSSR count). The molecule has 6 heteroatoms. The van der Waals surface area contributed by atoms with E-state index in [2.05, 4.69) is 29.3 Å². The van der Waals surface area contributed by atoms with Crippen LogP contribution >= 0.6 is 11.6 Å². The summed E-state index contributed by atoms with van der Waals surface area (Å²) < 4.78 is 29.1. The van der Waals surface area contributed by atoms with Crippen LogP contribution in [0.4, 0.5) is 0 Å². The quantitative estimate of drug-likeness (QED) is 0.520. The van der Waals surface area contributed by atoms with E-state index in [9.17, 15) is 8.42 Å². The maximum atomic E-state index is 13.5. The number of hydrogen-bond donors (Lipinski definition) is 0. The van der Waals surface area contributed by atoms with Gasteiger partial charge in [-0.15, -0.1) is 6.58 Å². The zero-order valence-corrected chi connectivity index (χ0v) is 18.1. The second-order valence-electron chi connectivity index (χ2n) is 7.56. The number of benzene rings is 2. The Morgan fingerprint density at radius 1 is 1.07 bits per heavy atom. The molecule has 1 fully saturated rings. The molecule has 3 aromatic rings. The van der Waals surface area contributed by atoms with Crippen LogP contribution in [0.1, 0.15) is 19.3 Å². The Morgan fingerprint density at radius 2 is 1.79 bits per heavy atom. The Hall–Kier alpha value is -2.08. The third kappa shape index (κ3) is 3.63. The van der Waals surface area contributed by atoms with Gasteiger partial charge in [-0.05, 0) is 55.8 Å². The van der Waals surface area contributed by atoms with Crippen molar-refractivity contribution >= 4 is 32.3 Å². The lowest BCUT2D eigenvalue weighted by Gasteiger charge is -2.32. The Kier molecular flexibility index (Phi) is 5.56. The summed E-state index contributed by atoms with van der Waals surface area (Å²) in [6.07, 6.45) is 4.67. The molecule has 2 heterocycles. The first-order chi connectivity index (χ1) is 13.9. The lowest BCUT2D eigenvalue weighted by Crippen LogP contribution is -2.42. The predicted molar refractivity (Wildman–Crippen MR) is 120 cm³/mol. The van der Waals surface area contributed by atoms with Gasteiger partial charge in [0.15, 0.2) is 9.84 Å². The molecule has 1 aliphatic heterocycles. The van der Waals surface area contributed by atoms with E-state index < -0.39 is 15.2 Å². The van der Waals surface area contributed by atoms with Crippen molar-refractivity contribution in [1.29, 1.82) is 0 Å². The molecule has 1 aliphatic rings. The van der Waals surface area contributed by atoms with E-state index >= 15 is 0 Å². The van der Waals surface area contributed by atoms with Gasteiger partial charge in [-0.2, -0.15) is 0 Å². The van der Waals surface area contributed by atoms with Crippen LogP contribution in [0.3, 0.4) is 0 Å². The van der Waals surface area contributed by atoms with Crippen LogP contribution in [0.2, 0.25) is 5.02 Å². The molecular weight excluding hydrogens is 404 g/mol. The molecule has 1 unspecified atom stereocenters. The number of aromatic nitrogens is 1. The minimum Gasteiger partial charge on any atom is -0.344 e. The maximum absolute atomic E-state index is 13.5. The molecule has 0 spiro atoms. The molecule has 29 heavy (non-hydrogen) atoms. The van der Waals surface area contributed by atoms with E-state index in [1.54, 1.807) is 12.1 Å². The third-order valence-electron chi connectivity index (χ3n) is 5.76. The van der Waals surface area contributed by atoms with Gasteiger partial charge in [-0.25, -0.2) is 8.42 Å². The number of likely N-dealkylation sites (tertiary alicyclic amines) is 1. The first-order valence-corrected chi connectivity index (χ1v) is 11.8. The molecule has 0 N–H and O–H groups in total. The van der Waals surface area contributed by atoms with Crippen LogP contribution in [0.5, 0.6) is 0 Å². The summed E-state index contributed by atoms with van der Waals surface area (Å²) in [6.45, 7) is 5.33. The second kappa shape index (κ2) is 7.98. The van der Waals surface area contributed by atoms with Gasteiger partial charge in [0.05, 0.1) is 9.92 Å². The lowest BCUT2D eigenvalue weighted by molar-refractivity contribution is 0.229. The van der Waals surface area contributed by atoms with Crippen molar-refractivity contribution < 1.29 is 8.42 Å². The van der Waals surface area contributed by atoms with Crippen LogP contribution < -0.4 is 0 Å². The van der Waals surface area contributed by atoms with Gasteiger partial charge < -0.3 is 4.57 Å². The zero-order chi connectivity index (χ0) is 20.6. The molecule has 2 aromatic carbocycles. The van der Waals surface area contributed by atoms with Crippen LogP contribution in [0, 0.1) is 0 Å². The van der Waals surface area contributed by atoms with Crippen molar-refractivity contribution in [3.05, 3.63) is 66.2 Å². The molecule has 0 amide bonds. The standard InChI is InChI=1S/C23H25ClN2O2S/c1-3-23(26-13-7-4-8-14-26)29(27,28)22-16-18(11-12-19(22)24)21-15-17-9-5-6-10-20(17)25(21)2/h3,5-6,9-12,15-16,23H,1,4,7-8,13-14H2,2H3. The van der Waals surface area contributed by atoms with Crippen LogP contribution in [0.25, 0.3) is 22.2 Å². The Bertz CT molecular complexity index is 1160. The van der Waals surface area contributed by atoms with E-state index in [-0.39, 0.29) is 9.92 Å². The van der Waals surface area contributed by atoms with Crippen molar-refractivity contribution in [3.63, 3.8) is 0 Å². The number of rotatable bonds is 5. The molecule has 1 atom stereocenters. The van der Waals surface area contributed by atoms with Crippen molar-refractivity contribution in [2.75, 3.05) is 13.1 Å². The SMILES string of the molecule is C=CC(N1CCCCC1)S(=O)(=O)c1cc(-c2cc3ccccc3n2C)ccc1Cl. The number of nitrogens with zero attached hydrogens (tertiary/aromatic N) is 2. The van der Waals surface area contributed by atoms with Crippen molar-refractivity contribution in [1.82, 2.24) is 9.47 Å². The molecule has 0 aliphatic carbocycles. The second-order valence-corrected chi connectivity index (χ2v) is 9.98. The summed E-state index contributed by atoms with van der Waals surface area (Å²) >= 11 is 6.39. The van der Waals surface area contributed by atoms with Gasteiger partial charge in [-0.1, -0.05) is 48.4 Å². The number of fused-ring (bicyclic) bond motifs is 1. The largest absolute Gasteiger partial charge is 0.344 e. The molecule has 0 bridgehead atoms. The first kappa shape index (κ1) is 20.2. The maximum Gasteiger partial charge on any atom is 0.199 e. The van der Waals surface area contributed by atoms with Gasteiger partial charge in [0.25, 0.3) is 0 Å². The van der Waals surface area contributed by atoms with Gasteiger partial charge >= 0.3 is 0 Å². The van der Waals surface area contributed by atoms with Gasteiger partial charge in [-0.3, -0.25) is 4.90 Å².